The molecule has 0 aliphatic carbocycles. The van der Waals surface area contributed by atoms with Gasteiger partial charge >= 0.3 is 0 Å². The third kappa shape index (κ3) is 4.78. The Morgan fingerprint density at radius 3 is 2.30 bits per heavy atom. The van der Waals surface area contributed by atoms with Gasteiger partial charge in [0, 0.05) is 44.1 Å². The lowest BCUT2D eigenvalue weighted by atomic mass is 10.3. The van der Waals surface area contributed by atoms with E-state index in [0.29, 0.717) is 6.54 Å². The van der Waals surface area contributed by atoms with Gasteiger partial charge in [-0.1, -0.05) is 0 Å². The molecule has 1 aromatic heterocycles. The molecule has 0 amide bonds. The Morgan fingerprint density at radius 2 is 1.80 bits per heavy atom. The molecule has 0 unspecified atom stereocenters. The van der Waals surface area contributed by atoms with Crippen molar-refractivity contribution < 1.29 is 8.42 Å². The Labute approximate surface area is 124 Å². The van der Waals surface area contributed by atoms with Gasteiger partial charge in [0.05, 0.1) is 16.5 Å². The van der Waals surface area contributed by atoms with E-state index in [1.165, 1.54) is 4.88 Å². The highest BCUT2D eigenvalue weighted by molar-refractivity contribution is 7.89. The number of rotatable bonds is 5. The Morgan fingerprint density at radius 1 is 1.20 bits per heavy atom. The van der Waals surface area contributed by atoms with Gasteiger partial charge in [-0.15, -0.1) is 11.3 Å². The van der Waals surface area contributed by atoms with Crippen LogP contribution in [0.4, 0.5) is 0 Å². The number of sulfonamides is 1. The molecule has 2 rings (SSSR count). The molecule has 8 heteroatoms. The third-order valence-corrected chi connectivity index (χ3v) is 5.33. The van der Waals surface area contributed by atoms with E-state index in [9.17, 15) is 8.42 Å². The van der Waals surface area contributed by atoms with Crippen LogP contribution >= 0.6 is 11.3 Å². The van der Waals surface area contributed by atoms with E-state index in [2.05, 4.69) is 21.7 Å². The minimum Gasteiger partial charge on any atom is -0.300 e. The molecule has 1 aliphatic rings. The predicted octanol–water partition coefficient (Wildman–Crippen LogP) is 0.166. The number of nitrogens with zero attached hydrogens (tertiary/aromatic N) is 3. The van der Waals surface area contributed by atoms with Crippen molar-refractivity contribution in [3.8, 4) is 0 Å². The van der Waals surface area contributed by atoms with Gasteiger partial charge in [0.25, 0.3) is 0 Å². The fourth-order valence-corrected chi connectivity index (χ4v) is 3.84. The van der Waals surface area contributed by atoms with E-state index >= 15 is 0 Å². The molecule has 0 atom stereocenters. The molecule has 0 bridgehead atoms. The monoisotopic (exact) mass is 318 g/mol. The van der Waals surface area contributed by atoms with Crippen LogP contribution in [0.25, 0.3) is 0 Å². The summed E-state index contributed by atoms with van der Waals surface area (Å²) >= 11 is 1.76. The molecule has 114 valence electrons. The van der Waals surface area contributed by atoms with Gasteiger partial charge in [-0.05, 0) is 13.8 Å². The highest BCUT2D eigenvalue weighted by Gasteiger charge is 2.19. The molecule has 0 radical (unpaired) electrons. The van der Waals surface area contributed by atoms with Crippen LogP contribution in [-0.2, 0) is 16.6 Å². The van der Waals surface area contributed by atoms with Crippen LogP contribution in [0.1, 0.15) is 15.6 Å². The second kappa shape index (κ2) is 6.48. The van der Waals surface area contributed by atoms with Crippen LogP contribution in [-0.4, -0.2) is 61.7 Å². The summed E-state index contributed by atoms with van der Waals surface area (Å²) in [5, 5.41) is 6.15. The molecule has 2 heterocycles. The number of piperazine rings is 1. The standard InChI is InChI=1S/C12H22N4O2S2/c1-10-12(19-11(2)14-10)9-16-5-3-15(4-6-16)7-8-20(13,17)18/h3-9H2,1-2H3,(H2,13,17,18). The average molecular weight is 318 g/mol. The Kier molecular flexibility index (Phi) is 5.14. The minimum absolute atomic E-state index is 0.0418. The molecule has 1 saturated heterocycles. The second-order valence-corrected chi connectivity index (χ2v) is 8.25. The zero-order chi connectivity index (χ0) is 14.8. The Bertz CT molecular complexity index is 548. The van der Waals surface area contributed by atoms with E-state index in [0.717, 1.165) is 43.4 Å². The van der Waals surface area contributed by atoms with Crippen LogP contribution < -0.4 is 5.14 Å². The number of aryl methyl sites for hydroxylation is 2. The van der Waals surface area contributed by atoms with Crippen molar-refractivity contribution in [2.45, 2.75) is 20.4 Å². The number of nitrogens with two attached hydrogens (primary N) is 1. The molecular weight excluding hydrogens is 296 g/mol. The summed E-state index contributed by atoms with van der Waals surface area (Å²) in [6, 6.07) is 0. The summed E-state index contributed by atoms with van der Waals surface area (Å²) in [7, 11) is -3.35. The second-order valence-electron chi connectivity index (χ2n) is 5.23. The molecule has 2 N–H and O–H groups in total. The summed E-state index contributed by atoms with van der Waals surface area (Å²) in [6.07, 6.45) is 0. The minimum atomic E-state index is -3.35. The van der Waals surface area contributed by atoms with Crippen LogP contribution in [0.3, 0.4) is 0 Å². The molecule has 0 aromatic carbocycles. The van der Waals surface area contributed by atoms with Crippen molar-refractivity contribution in [3.63, 3.8) is 0 Å². The van der Waals surface area contributed by atoms with Crippen molar-refractivity contribution in [1.29, 1.82) is 0 Å². The number of thiazole rings is 1. The van der Waals surface area contributed by atoms with Gasteiger partial charge in [0.1, 0.15) is 0 Å². The van der Waals surface area contributed by atoms with Gasteiger partial charge < -0.3 is 0 Å². The van der Waals surface area contributed by atoms with Gasteiger partial charge in [-0.25, -0.2) is 18.5 Å². The number of primary sulfonamides is 1. The molecule has 0 spiro atoms. The molecule has 1 fully saturated rings. The van der Waals surface area contributed by atoms with Gasteiger partial charge in [0.15, 0.2) is 0 Å². The third-order valence-electron chi connectivity index (χ3n) is 3.52. The van der Waals surface area contributed by atoms with Gasteiger partial charge in [0.2, 0.25) is 10.0 Å². The molecule has 1 aliphatic heterocycles. The lowest BCUT2D eigenvalue weighted by molar-refractivity contribution is 0.133. The van der Waals surface area contributed by atoms with Crippen molar-refractivity contribution in [2.24, 2.45) is 5.14 Å². The maximum Gasteiger partial charge on any atom is 0.210 e. The number of aromatic nitrogens is 1. The Hall–Kier alpha value is -0.540. The Balaban J connectivity index is 1.78. The molecule has 1 aromatic rings. The summed E-state index contributed by atoms with van der Waals surface area (Å²) in [5.41, 5.74) is 1.13. The number of hydrogen-bond acceptors (Lipinski definition) is 6. The summed E-state index contributed by atoms with van der Waals surface area (Å²) in [6.45, 7) is 9.28. The first-order valence-electron chi connectivity index (χ1n) is 6.71. The van der Waals surface area contributed by atoms with Gasteiger partial charge in [-0.2, -0.15) is 0 Å². The van der Waals surface area contributed by atoms with Crippen molar-refractivity contribution in [2.75, 3.05) is 38.5 Å². The fourth-order valence-electron chi connectivity index (χ4n) is 2.35. The normalized spacial score (nSPS) is 18.6. The van der Waals surface area contributed by atoms with E-state index in [4.69, 9.17) is 5.14 Å². The van der Waals surface area contributed by atoms with Crippen molar-refractivity contribution >= 4 is 21.4 Å². The lowest BCUT2D eigenvalue weighted by Gasteiger charge is -2.34. The summed E-state index contributed by atoms with van der Waals surface area (Å²) in [4.78, 5) is 10.3. The summed E-state index contributed by atoms with van der Waals surface area (Å²) < 4.78 is 21.9. The first-order valence-corrected chi connectivity index (χ1v) is 9.25. The van der Waals surface area contributed by atoms with E-state index in [-0.39, 0.29) is 5.75 Å². The first kappa shape index (κ1) is 15.8. The average Bonchev–Trinajstić information content (AvgIpc) is 2.66. The molecular formula is C12H22N4O2S2. The predicted molar refractivity (Wildman–Crippen MR) is 81.3 cm³/mol. The van der Waals surface area contributed by atoms with Crippen molar-refractivity contribution in [1.82, 2.24) is 14.8 Å². The van der Waals surface area contributed by atoms with E-state index in [1.54, 1.807) is 11.3 Å². The quantitative estimate of drug-likeness (QED) is 0.837. The molecule has 20 heavy (non-hydrogen) atoms. The van der Waals surface area contributed by atoms with E-state index in [1.807, 2.05) is 6.92 Å². The lowest BCUT2D eigenvalue weighted by Crippen LogP contribution is -2.47. The first-order chi connectivity index (χ1) is 9.33. The highest BCUT2D eigenvalue weighted by Crippen LogP contribution is 2.19. The maximum absolute atomic E-state index is 11.0. The molecule has 6 nitrogen and oxygen atoms in total. The smallest absolute Gasteiger partial charge is 0.210 e. The van der Waals surface area contributed by atoms with E-state index < -0.39 is 10.0 Å². The van der Waals surface area contributed by atoms with Gasteiger partial charge in [-0.3, -0.25) is 9.80 Å². The zero-order valence-electron chi connectivity index (χ0n) is 12.0. The van der Waals surface area contributed by atoms with Crippen LogP contribution in [0.5, 0.6) is 0 Å². The fraction of sp³-hybridized carbons (Fsp3) is 0.750. The zero-order valence-corrected chi connectivity index (χ0v) is 13.6. The van der Waals surface area contributed by atoms with Crippen LogP contribution in [0.2, 0.25) is 0 Å². The maximum atomic E-state index is 11.0. The largest absolute Gasteiger partial charge is 0.300 e. The topological polar surface area (TPSA) is 79.5 Å². The molecule has 0 saturated carbocycles. The van der Waals surface area contributed by atoms with Crippen LogP contribution in [0.15, 0.2) is 0 Å². The van der Waals surface area contributed by atoms with Crippen molar-refractivity contribution in [3.05, 3.63) is 15.6 Å². The number of hydrogen-bond donors (Lipinski definition) is 1. The SMILES string of the molecule is Cc1nc(C)c(CN2CCN(CCS(N)(=O)=O)CC2)s1. The van der Waals surface area contributed by atoms with Crippen LogP contribution in [0, 0.1) is 13.8 Å². The summed E-state index contributed by atoms with van der Waals surface area (Å²) in [5.74, 6) is 0.0418. The highest BCUT2D eigenvalue weighted by atomic mass is 32.2.